The first-order valence-corrected chi connectivity index (χ1v) is 6.72. The molecule has 0 fully saturated rings. The summed E-state index contributed by atoms with van der Waals surface area (Å²) in [6.45, 7) is 1.11. The van der Waals surface area contributed by atoms with Crippen molar-refractivity contribution in [3.63, 3.8) is 0 Å². The van der Waals surface area contributed by atoms with E-state index in [1.54, 1.807) is 24.3 Å². The smallest absolute Gasteiger partial charge is 0.328 e. The predicted octanol–water partition coefficient (Wildman–Crippen LogP) is 1.97. The van der Waals surface area contributed by atoms with E-state index in [0.29, 0.717) is 15.7 Å². The van der Waals surface area contributed by atoms with Crippen molar-refractivity contribution in [1.29, 1.82) is 0 Å². The summed E-state index contributed by atoms with van der Waals surface area (Å²) in [6, 6.07) is 6.64. The van der Waals surface area contributed by atoms with Crippen molar-refractivity contribution < 1.29 is 18.0 Å². The fourth-order valence-corrected chi connectivity index (χ4v) is 2.10. The first-order valence-electron chi connectivity index (χ1n) is 6.72. The van der Waals surface area contributed by atoms with Gasteiger partial charge in [0.05, 0.1) is 11.6 Å². The van der Waals surface area contributed by atoms with Gasteiger partial charge < -0.3 is 4.90 Å². The Balaban J connectivity index is 2.26. The molecule has 0 atom stereocenters. The maximum atomic E-state index is 12.5. The van der Waals surface area contributed by atoms with Crippen molar-refractivity contribution in [2.75, 3.05) is 13.1 Å². The van der Waals surface area contributed by atoms with Gasteiger partial charge >= 0.3 is 6.18 Å². The highest BCUT2D eigenvalue weighted by Gasteiger charge is 2.32. The molecule has 8 heteroatoms. The summed E-state index contributed by atoms with van der Waals surface area (Å²) in [6.07, 6.45) is -1.94. The van der Waals surface area contributed by atoms with Crippen molar-refractivity contribution in [2.45, 2.75) is 12.7 Å². The summed E-state index contributed by atoms with van der Waals surface area (Å²) in [5.74, 6) is -0.855. The molecule has 0 aliphatic rings. The highest BCUT2D eigenvalue weighted by atomic mass is 19.4. The molecule has 5 nitrogen and oxygen atoms in total. The number of hydrogen-bond donors (Lipinski definition) is 0. The lowest BCUT2D eigenvalue weighted by Gasteiger charge is -2.22. The molecule has 1 amide bonds. The third kappa shape index (κ3) is 4.18. The maximum Gasteiger partial charge on any atom is 0.406 e. The summed E-state index contributed by atoms with van der Waals surface area (Å²) < 4.78 is 38.4. The summed E-state index contributed by atoms with van der Waals surface area (Å²) >= 11 is 0. The largest absolute Gasteiger partial charge is 0.406 e. The zero-order valence-electron chi connectivity index (χ0n) is 12.1. The first kappa shape index (κ1) is 16.7. The molecule has 0 aliphatic carbocycles. The highest BCUT2D eigenvalue weighted by Crippen LogP contribution is 2.16. The van der Waals surface area contributed by atoms with E-state index in [0.717, 1.165) is 4.68 Å². The zero-order valence-corrected chi connectivity index (χ0v) is 12.1. The Hall–Kier alpha value is -2.64. The molecule has 122 valence electrons. The van der Waals surface area contributed by atoms with Crippen LogP contribution < -0.4 is 5.56 Å². The van der Waals surface area contributed by atoms with Gasteiger partial charge in [0, 0.05) is 11.9 Å². The van der Waals surface area contributed by atoms with E-state index in [2.05, 4.69) is 11.7 Å². The average Bonchev–Trinajstić information content (AvgIpc) is 2.48. The van der Waals surface area contributed by atoms with E-state index in [1.165, 1.54) is 12.3 Å². The van der Waals surface area contributed by atoms with Gasteiger partial charge in [-0.25, -0.2) is 4.68 Å². The molecule has 0 unspecified atom stereocenters. The molecule has 0 N–H and O–H groups in total. The van der Waals surface area contributed by atoms with Gasteiger partial charge in [-0.05, 0) is 6.07 Å². The second-order valence-corrected chi connectivity index (χ2v) is 4.87. The summed E-state index contributed by atoms with van der Waals surface area (Å²) in [7, 11) is 0. The average molecular weight is 325 g/mol. The minimum absolute atomic E-state index is 0.263. The molecule has 23 heavy (non-hydrogen) atoms. The molecule has 0 radical (unpaired) electrons. The molecule has 2 aromatic rings. The molecular formula is C15H14F3N3O2. The molecule has 0 saturated heterocycles. The number of benzene rings is 1. The highest BCUT2D eigenvalue weighted by molar-refractivity contribution is 5.81. The minimum atomic E-state index is -4.53. The summed E-state index contributed by atoms with van der Waals surface area (Å²) in [4.78, 5) is 24.8. The van der Waals surface area contributed by atoms with Crippen molar-refractivity contribution in [3.05, 3.63) is 53.5 Å². The van der Waals surface area contributed by atoms with E-state index in [4.69, 9.17) is 0 Å². The lowest BCUT2D eigenvalue weighted by atomic mass is 10.2. The van der Waals surface area contributed by atoms with E-state index in [-0.39, 0.29) is 6.54 Å². The Morgan fingerprint density at radius 2 is 2.04 bits per heavy atom. The molecule has 1 aromatic carbocycles. The first-order chi connectivity index (χ1) is 10.8. The van der Waals surface area contributed by atoms with Gasteiger partial charge in [-0.3, -0.25) is 9.59 Å². The van der Waals surface area contributed by atoms with Crippen LogP contribution in [0.25, 0.3) is 10.8 Å². The van der Waals surface area contributed by atoms with Gasteiger partial charge in [-0.15, -0.1) is 6.58 Å². The molecule has 0 spiro atoms. The van der Waals surface area contributed by atoms with Gasteiger partial charge in [0.25, 0.3) is 5.56 Å². The number of aromatic nitrogens is 2. The summed E-state index contributed by atoms with van der Waals surface area (Å²) in [5, 5.41) is 4.78. The number of fused-ring (bicyclic) bond motifs is 1. The number of alkyl halides is 3. The molecule has 1 heterocycles. The lowest BCUT2D eigenvalue weighted by molar-refractivity contribution is -0.160. The molecule has 0 saturated carbocycles. The van der Waals surface area contributed by atoms with Gasteiger partial charge in [-0.2, -0.15) is 18.3 Å². The second kappa shape index (κ2) is 6.64. The number of carbonyl (C=O) groups is 1. The topological polar surface area (TPSA) is 55.2 Å². The number of carbonyl (C=O) groups excluding carboxylic acids is 1. The Kier molecular flexibility index (Phi) is 4.83. The second-order valence-electron chi connectivity index (χ2n) is 4.87. The van der Waals surface area contributed by atoms with E-state index in [1.807, 2.05) is 0 Å². The standard InChI is InChI=1S/C15H14F3N3O2/c1-2-7-20(10-15(16,17)18)13(22)9-21-14(23)12-6-4-3-5-11(12)8-19-21/h2-6,8H,1,7,9-10H2. The van der Waals surface area contributed by atoms with Crippen molar-refractivity contribution in [2.24, 2.45) is 0 Å². The Morgan fingerprint density at radius 1 is 1.35 bits per heavy atom. The van der Waals surface area contributed by atoms with Crippen molar-refractivity contribution in [1.82, 2.24) is 14.7 Å². The maximum absolute atomic E-state index is 12.5. The van der Waals surface area contributed by atoms with Crippen LogP contribution in [0.4, 0.5) is 13.2 Å². The number of nitrogens with zero attached hydrogens (tertiary/aromatic N) is 3. The van der Waals surface area contributed by atoms with Crippen LogP contribution in [0.1, 0.15) is 0 Å². The van der Waals surface area contributed by atoms with Gasteiger partial charge in [0.1, 0.15) is 13.1 Å². The van der Waals surface area contributed by atoms with Crippen LogP contribution in [-0.2, 0) is 11.3 Å². The molecule has 2 rings (SSSR count). The quantitative estimate of drug-likeness (QED) is 0.790. The fraction of sp³-hybridized carbons (Fsp3) is 0.267. The number of amides is 1. The van der Waals surface area contributed by atoms with Crippen molar-refractivity contribution >= 4 is 16.7 Å². The number of halogens is 3. The molecular weight excluding hydrogens is 311 g/mol. The fourth-order valence-electron chi connectivity index (χ4n) is 2.10. The Labute approximate surface area is 129 Å². The number of rotatable bonds is 5. The van der Waals surface area contributed by atoms with Crippen LogP contribution in [0.3, 0.4) is 0 Å². The Bertz CT molecular complexity index is 783. The Morgan fingerprint density at radius 3 is 2.70 bits per heavy atom. The van der Waals surface area contributed by atoms with Crippen LogP contribution in [0, 0.1) is 0 Å². The monoisotopic (exact) mass is 325 g/mol. The van der Waals surface area contributed by atoms with Gasteiger partial charge in [-0.1, -0.05) is 24.3 Å². The predicted molar refractivity (Wildman–Crippen MR) is 78.8 cm³/mol. The van der Waals surface area contributed by atoms with E-state index in [9.17, 15) is 22.8 Å². The van der Waals surface area contributed by atoms with E-state index < -0.39 is 30.7 Å². The van der Waals surface area contributed by atoms with Crippen LogP contribution >= 0.6 is 0 Å². The zero-order chi connectivity index (χ0) is 17.0. The van der Waals surface area contributed by atoms with Crippen molar-refractivity contribution in [3.8, 4) is 0 Å². The van der Waals surface area contributed by atoms with Crippen LogP contribution in [0.5, 0.6) is 0 Å². The van der Waals surface area contributed by atoms with Crippen LogP contribution in [0.15, 0.2) is 47.9 Å². The minimum Gasteiger partial charge on any atom is -0.328 e. The SMILES string of the molecule is C=CCN(CC(F)(F)F)C(=O)Cn1ncc2ccccc2c1=O. The van der Waals surface area contributed by atoms with Crippen LogP contribution in [0.2, 0.25) is 0 Å². The molecule has 0 bridgehead atoms. The van der Waals surface area contributed by atoms with E-state index >= 15 is 0 Å². The normalized spacial score (nSPS) is 11.4. The van der Waals surface area contributed by atoms with Crippen LogP contribution in [-0.4, -0.2) is 39.9 Å². The van der Waals surface area contributed by atoms with Gasteiger partial charge in [0.2, 0.25) is 5.91 Å². The lowest BCUT2D eigenvalue weighted by Crippen LogP contribution is -2.42. The molecule has 1 aromatic heterocycles. The van der Waals surface area contributed by atoms with Gasteiger partial charge in [0.15, 0.2) is 0 Å². The molecule has 0 aliphatic heterocycles. The number of hydrogen-bond acceptors (Lipinski definition) is 3. The third-order valence-corrected chi connectivity index (χ3v) is 3.12. The third-order valence-electron chi connectivity index (χ3n) is 3.12. The summed E-state index contributed by atoms with van der Waals surface area (Å²) in [5.41, 5.74) is -0.526.